The summed E-state index contributed by atoms with van der Waals surface area (Å²) in [6.45, 7) is 7.81. The van der Waals surface area contributed by atoms with Crippen molar-refractivity contribution in [2.24, 2.45) is 13.0 Å². The molecule has 4 heterocycles. The van der Waals surface area contributed by atoms with E-state index in [1.807, 2.05) is 24.9 Å². The van der Waals surface area contributed by atoms with E-state index >= 15 is 0 Å². The number of aromatic nitrogens is 5. The number of aryl methyl sites for hydroxylation is 1. The van der Waals surface area contributed by atoms with Crippen molar-refractivity contribution in [1.82, 2.24) is 24.5 Å². The van der Waals surface area contributed by atoms with Crippen molar-refractivity contribution in [3.63, 3.8) is 0 Å². The number of pyridine rings is 1. The smallest absolute Gasteiger partial charge is 0.264 e. The maximum absolute atomic E-state index is 13.0. The molecule has 1 aliphatic heterocycles. The Hall–Kier alpha value is -2.61. The third-order valence-electron chi connectivity index (χ3n) is 6.02. The van der Waals surface area contributed by atoms with E-state index in [9.17, 15) is 4.79 Å². The summed E-state index contributed by atoms with van der Waals surface area (Å²) in [4.78, 5) is 13.0. The number of nitrogen functional groups attached to an aromatic ring is 1. The van der Waals surface area contributed by atoms with Crippen LogP contribution in [0, 0.1) is 5.92 Å². The van der Waals surface area contributed by atoms with Gasteiger partial charge in [-0.05, 0) is 31.7 Å². The summed E-state index contributed by atoms with van der Waals surface area (Å²) in [5, 5.41) is 12.2. The molecule has 0 aliphatic carbocycles. The number of aromatic amines is 1. The van der Waals surface area contributed by atoms with E-state index in [2.05, 4.69) is 30.1 Å². The van der Waals surface area contributed by atoms with Gasteiger partial charge in [-0.3, -0.25) is 14.6 Å². The molecule has 1 fully saturated rings. The molecule has 1 atom stereocenters. The quantitative estimate of drug-likeness (QED) is 0.720. The van der Waals surface area contributed by atoms with Crippen molar-refractivity contribution in [2.75, 3.05) is 18.9 Å². The van der Waals surface area contributed by atoms with Crippen LogP contribution in [0.3, 0.4) is 0 Å². The molecule has 0 saturated carbocycles. The minimum Gasteiger partial charge on any atom is -0.382 e. The van der Waals surface area contributed by atoms with Crippen LogP contribution in [0.5, 0.6) is 0 Å². The van der Waals surface area contributed by atoms with Crippen LogP contribution in [-0.4, -0.2) is 37.8 Å². The number of nitrogens with one attached hydrogen (secondary N) is 1. The van der Waals surface area contributed by atoms with Gasteiger partial charge in [0.1, 0.15) is 5.39 Å². The van der Waals surface area contributed by atoms with Crippen LogP contribution in [-0.2, 0) is 11.8 Å². The molecule has 8 heteroatoms. The Bertz CT molecular complexity index is 1050. The van der Waals surface area contributed by atoms with Gasteiger partial charge in [0.2, 0.25) is 0 Å². The fourth-order valence-electron chi connectivity index (χ4n) is 3.97. The van der Waals surface area contributed by atoms with E-state index in [0.29, 0.717) is 22.7 Å². The maximum atomic E-state index is 13.0. The van der Waals surface area contributed by atoms with Crippen LogP contribution in [0.4, 0.5) is 5.82 Å². The number of rotatable bonds is 4. The zero-order valence-electron chi connectivity index (χ0n) is 16.9. The molecule has 0 spiro atoms. The van der Waals surface area contributed by atoms with Gasteiger partial charge in [-0.2, -0.15) is 10.2 Å². The van der Waals surface area contributed by atoms with Crippen molar-refractivity contribution in [1.29, 1.82) is 0 Å². The molecule has 3 N–H and O–H groups in total. The number of H-pyrrole nitrogens is 1. The molecule has 3 aromatic heterocycles. The zero-order valence-corrected chi connectivity index (χ0v) is 16.9. The highest BCUT2D eigenvalue weighted by Crippen LogP contribution is 2.33. The van der Waals surface area contributed by atoms with Crippen molar-refractivity contribution in [3.05, 3.63) is 28.3 Å². The largest absolute Gasteiger partial charge is 0.382 e. The first-order valence-electron chi connectivity index (χ1n) is 9.89. The third-order valence-corrected chi connectivity index (χ3v) is 6.02. The molecule has 0 aromatic carbocycles. The summed E-state index contributed by atoms with van der Waals surface area (Å²) in [6, 6.07) is 2.15. The summed E-state index contributed by atoms with van der Waals surface area (Å²) in [5.41, 5.74) is 9.41. The van der Waals surface area contributed by atoms with Crippen molar-refractivity contribution >= 4 is 16.7 Å². The van der Waals surface area contributed by atoms with Gasteiger partial charge in [0.25, 0.3) is 5.56 Å². The Kier molecular flexibility index (Phi) is 4.74. The molecule has 3 aromatic rings. The predicted octanol–water partition coefficient (Wildman–Crippen LogP) is 2.82. The lowest BCUT2D eigenvalue weighted by Crippen LogP contribution is -2.26. The molecular weight excluding hydrogens is 356 g/mol. The molecule has 0 bridgehead atoms. The van der Waals surface area contributed by atoms with Gasteiger partial charge in [-0.1, -0.05) is 13.8 Å². The molecule has 1 aliphatic rings. The summed E-state index contributed by atoms with van der Waals surface area (Å²) in [7, 11) is 1.97. The van der Waals surface area contributed by atoms with E-state index in [1.54, 1.807) is 4.57 Å². The van der Waals surface area contributed by atoms with Gasteiger partial charge in [-0.25, -0.2) is 0 Å². The summed E-state index contributed by atoms with van der Waals surface area (Å²) in [6.07, 6.45) is 3.88. The topological polar surface area (TPSA) is 104 Å². The fraction of sp³-hybridized carbons (Fsp3) is 0.550. The second-order valence-electron chi connectivity index (χ2n) is 8.06. The van der Waals surface area contributed by atoms with Crippen LogP contribution < -0.4 is 11.3 Å². The highest BCUT2D eigenvalue weighted by Gasteiger charge is 2.24. The first kappa shape index (κ1) is 18.7. The van der Waals surface area contributed by atoms with E-state index in [0.717, 1.165) is 37.3 Å². The van der Waals surface area contributed by atoms with Gasteiger partial charge in [0.05, 0.1) is 11.2 Å². The van der Waals surface area contributed by atoms with Gasteiger partial charge >= 0.3 is 0 Å². The molecule has 0 unspecified atom stereocenters. The normalized spacial score (nSPS) is 16.9. The van der Waals surface area contributed by atoms with Crippen LogP contribution in [0.15, 0.2) is 17.1 Å². The summed E-state index contributed by atoms with van der Waals surface area (Å²) >= 11 is 0. The van der Waals surface area contributed by atoms with E-state index in [1.165, 1.54) is 5.69 Å². The van der Waals surface area contributed by atoms with E-state index in [-0.39, 0.29) is 17.4 Å². The van der Waals surface area contributed by atoms with Gasteiger partial charge in [-0.15, -0.1) is 0 Å². The minimum absolute atomic E-state index is 0.0311. The molecule has 4 rings (SSSR count). The molecule has 28 heavy (non-hydrogen) atoms. The maximum Gasteiger partial charge on any atom is 0.264 e. The van der Waals surface area contributed by atoms with Crippen molar-refractivity contribution in [2.45, 2.75) is 45.6 Å². The summed E-state index contributed by atoms with van der Waals surface area (Å²) in [5.74, 6) is 0.965. The van der Waals surface area contributed by atoms with Crippen LogP contribution in [0.1, 0.15) is 51.3 Å². The van der Waals surface area contributed by atoms with Crippen LogP contribution in [0.2, 0.25) is 0 Å². The monoisotopic (exact) mass is 384 g/mol. The standard InChI is InChI=1S/C20H28N6O2/c1-11(2)12(3)26-10-14(18-17(20(26)27)19(21)23-22-18)15-9-16(25(4)24-15)13-5-7-28-8-6-13/h9-13H,5-8H2,1-4H3,(H3,21,22,23)/t12-/m0/s1. The highest BCUT2D eigenvalue weighted by molar-refractivity contribution is 5.97. The average molecular weight is 384 g/mol. The predicted molar refractivity (Wildman–Crippen MR) is 109 cm³/mol. The second-order valence-corrected chi connectivity index (χ2v) is 8.06. The lowest BCUT2D eigenvalue weighted by atomic mass is 9.95. The average Bonchev–Trinajstić information content (AvgIpc) is 3.26. The Morgan fingerprint density at radius 1 is 1.29 bits per heavy atom. The SMILES string of the molecule is CC(C)[C@H](C)n1cc(-c2cc(C3CCOCC3)n(C)n2)c2[nH]nc(N)c2c1=O. The molecule has 8 nitrogen and oxygen atoms in total. The van der Waals surface area contributed by atoms with Crippen molar-refractivity contribution < 1.29 is 4.74 Å². The highest BCUT2D eigenvalue weighted by atomic mass is 16.5. The Balaban J connectivity index is 1.89. The summed E-state index contributed by atoms with van der Waals surface area (Å²) < 4.78 is 9.20. The molecule has 150 valence electrons. The number of anilines is 1. The molecular formula is C20H28N6O2. The number of nitrogens with two attached hydrogens (primary N) is 1. The Labute approximate surface area is 163 Å². The number of nitrogens with zero attached hydrogens (tertiary/aromatic N) is 4. The van der Waals surface area contributed by atoms with E-state index in [4.69, 9.17) is 15.6 Å². The Morgan fingerprint density at radius 2 is 2.00 bits per heavy atom. The first-order valence-corrected chi connectivity index (χ1v) is 9.89. The number of ether oxygens (including phenoxy) is 1. The second kappa shape index (κ2) is 7.09. The Morgan fingerprint density at radius 3 is 2.68 bits per heavy atom. The van der Waals surface area contributed by atoms with Crippen molar-refractivity contribution in [3.8, 4) is 11.3 Å². The number of hydrogen-bond donors (Lipinski definition) is 2. The molecule has 1 saturated heterocycles. The zero-order chi connectivity index (χ0) is 20.0. The number of hydrogen-bond acceptors (Lipinski definition) is 5. The third kappa shape index (κ3) is 3.01. The number of fused-ring (bicyclic) bond motifs is 1. The van der Waals surface area contributed by atoms with Gasteiger partial charge in [0.15, 0.2) is 5.82 Å². The minimum atomic E-state index is -0.119. The van der Waals surface area contributed by atoms with Gasteiger partial charge < -0.3 is 15.0 Å². The van der Waals surface area contributed by atoms with E-state index < -0.39 is 0 Å². The van der Waals surface area contributed by atoms with Crippen LogP contribution >= 0.6 is 0 Å². The molecule has 0 radical (unpaired) electrons. The fourth-order valence-corrected chi connectivity index (χ4v) is 3.97. The lowest BCUT2D eigenvalue weighted by Gasteiger charge is -2.21. The molecule has 0 amide bonds. The van der Waals surface area contributed by atoms with Crippen LogP contribution in [0.25, 0.3) is 22.2 Å². The van der Waals surface area contributed by atoms with Gasteiger partial charge in [0, 0.05) is 49.7 Å². The lowest BCUT2D eigenvalue weighted by molar-refractivity contribution is 0.0837. The first-order chi connectivity index (χ1) is 13.4.